The highest BCUT2D eigenvalue weighted by molar-refractivity contribution is 6.05. The van der Waals surface area contributed by atoms with Crippen molar-refractivity contribution in [2.24, 2.45) is 0 Å². The van der Waals surface area contributed by atoms with E-state index in [1.807, 2.05) is 30.5 Å². The van der Waals surface area contributed by atoms with Gasteiger partial charge in [0.25, 0.3) is 5.91 Å². The Morgan fingerprint density at radius 1 is 0.970 bits per heavy atom. The smallest absolute Gasteiger partial charge is 0.337 e. The summed E-state index contributed by atoms with van der Waals surface area (Å²) in [7, 11) is 0. The van der Waals surface area contributed by atoms with Crippen LogP contribution in [-0.4, -0.2) is 55.1 Å². The number of carbonyl (C=O) groups is 1. The number of nitrogens with zero attached hydrogens (tertiary/aromatic N) is 3. The predicted molar refractivity (Wildman–Crippen MR) is 132 cm³/mol. The summed E-state index contributed by atoms with van der Waals surface area (Å²) < 4.78 is 5.17. The molecule has 33 heavy (non-hydrogen) atoms. The van der Waals surface area contributed by atoms with Gasteiger partial charge in [0.1, 0.15) is 11.4 Å². The van der Waals surface area contributed by atoms with Gasteiger partial charge in [-0.05, 0) is 17.5 Å². The predicted octanol–water partition coefficient (Wildman–Crippen LogP) is 3.32. The van der Waals surface area contributed by atoms with Crippen molar-refractivity contribution in [1.29, 1.82) is 0 Å². The van der Waals surface area contributed by atoms with Gasteiger partial charge >= 0.3 is 5.63 Å². The highest BCUT2D eigenvalue weighted by Gasteiger charge is 2.20. The Hall–Kier alpha value is -3.42. The number of para-hydroxylation sites is 1. The standard InChI is InChI=1S/C25H24N4O3.ClH/c30-23-17-21(20-7-3-4-8-22(20)32-23)25(31)27-11-12-28-13-15-29(16-14-28)24-19-6-2-1-5-18(19)9-10-26-24;/h1-10,17H,11-16H2,(H,27,31);1H. The van der Waals surface area contributed by atoms with Gasteiger partial charge in [-0.1, -0.05) is 42.5 Å². The number of amides is 1. The normalized spacial score (nSPS) is 14.2. The van der Waals surface area contributed by atoms with Gasteiger partial charge in [-0.25, -0.2) is 9.78 Å². The number of hydrogen-bond donors (Lipinski definition) is 1. The zero-order valence-corrected chi connectivity index (χ0v) is 18.9. The molecule has 1 aliphatic heterocycles. The van der Waals surface area contributed by atoms with E-state index < -0.39 is 5.63 Å². The van der Waals surface area contributed by atoms with Crippen molar-refractivity contribution >= 4 is 45.9 Å². The van der Waals surface area contributed by atoms with E-state index in [1.54, 1.807) is 18.2 Å². The molecule has 0 saturated carbocycles. The summed E-state index contributed by atoms with van der Waals surface area (Å²) in [5, 5.41) is 5.96. The fourth-order valence-corrected chi connectivity index (χ4v) is 4.26. The van der Waals surface area contributed by atoms with E-state index in [1.165, 1.54) is 16.8 Å². The molecule has 0 unspecified atom stereocenters. The van der Waals surface area contributed by atoms with Crippen LogP contribution in [0.1, 0.15) is 10.4 Å². The van der Waals surface area contributed by atoms with Crippen LogP contribution in [0.2, 0.25) is 0 Å². The molecule has 0 atom stereocenters. The van der Waals surface area contributed by atoms with Crippen LogP contribution in [0, 0.1) is 0 Å². The number of fused-ring (bicyclic) bond motifs is 2. The molecule has 5 rings (SSSR count). The maximum absolute atomic E-state index is 12.7. The number of rotatable bonds is 5. The number of piperazine rings is 1. The first-order chi connectivity index (χ1) is 15.7. The molecule has 1 aliphatic rings. The molecule has 1 amide bonds. The van der Waals surface area contributed by atoms with Crippen molar-refractivity contribution in [2.75, 3.05) is 44.2 Å². The first kappa shape index (κ1) is 22.8. The number of hydrogen-bond acceptors (Lipinski definition) is 6. The molecule has 0 spiro atoms. The third-order valence-electron chi connectivity index (χ3n) is 5.93. The number of pyridine rings is 1. The van der Waals surface area contributed by atoms with Gasteiger partial charge < -0.3 is 14.6 Å². The van der Waals surface area contributed by atoms with Crippen LogP contribution in [0.25, 0.3) is 21.7 Å². The van der Waals surface area contributed by atoms with Crippen LogP contribution in [-0.2, 0) is 0 Å². The molecule has 3 heterocycles. The Bertz CT molecular complexity index is 1330. The summed E-state index contributed by atoms with van der Waals surface area (Å²) in [4.78, 5) is 33.8. The Labute approximate surface area is 197 Å². The molecule has 2 aromatic heterocycles. The lowest BCUT2D eigenvalue weighted by Gasteiger charge is -2.35. The third-order valence-corrected chi connectivity index (χ3v) is 5.93. The average molecular weight is 465 g/mol. The minimum absolute atomic E-state index is 0. The molecule has 1 saturated heterocycles. The summed E-state index contributed by atoms with van der Waals surface area (Å²) in [6, 6.07) is 18.7. The van der Waals surface area contributed by atoms with E-state index in [4.69, 9.17) is 4.42 Å². The first-order valence-electron chi connectivity index (χ1n) is 10.8. The maximum atomic E-state index is 12.7. The second-order valence-electron chi connectivity index (χ2n) is 7.92. The summed E-state index contributed by atoms with van der Waals surface area (Å²) in [5.41, 5.74) is 0.249. The van der Waals surface area contributed by atoms with Gasteiger partial charge in [0.05, 0.1) is 5.56 Å². The zero-order valence-electron chi connectivity index (χ0n) is 18.1. The molecule has 7 nitrogen and oxygen atoms in total. The fraction of sp³-hybridized carbons (Fsp3) is 0.240. The lowest BCUT2D eigenvalue weighted by atomic mass is 10.1. The Balaban J connectivity index is 0.00000259. The van der Waals surface area contributed by atoms with E-state index in [0.29, 0.717) is 23.1 Å². The SMILES string of the molecule is Cl.O=C(NCCN1CCN(c2nccc3ccccc23)CC1)c1cc(=O)oc2ccccc12. The molecule has 1 fully saturated rings. The van der Waals surface area contributed by atoms with Crippen molar-refractivity contribution in [2.45, 2.75) is 0 Å². The number of aromatic nitrogens is 1. The molecule has 2 aromatic carbocycles. The van der Waals surface area contributed by atoms with Gasteiger partial charge in [0, 0.05) is 62.3 Å². The number of nitrogens with one attached hydrogen (secondary N) is 1. The summed E-state index contributed by atoms with van der Waals surface area (Å²) in [6.45, 7) is 4.84. The lowest BCUT2D eigenvalue weighted by molar-refractivity contribution is 0.0949. The molecule has 0 bridgehead atoms. The average Bonchev–Trinajstić information content (AvgIpc) is 2.83. The van der Waals surface area contributed by atoms with Crippen LogP contribution in [0.4, 0.5) is 5.82 Å². The fourth-order valence-electron chi connectivity index (χ4n) is 4.26. The van der Waals surface area contributed by atoms with Crippen molar-refractivity contribution in [3.63, 3.8) is 0 Å². The van der Waals surface area contributed by atoms with Crippen LogP contribution in [0.15, 0.2) is 76.1 Å². The summed E-state index contributed by atoms with van der Waals surface area (Å²) in [6.07, 6.45) is 1.87. The number of halogens is 1. The number of carbonyl (C=O) groups excluding carboxylic acids is 1. The van der Waals surface area contributed by atoms with Crippen LogP contribution >= 0.6 is 12.4 Å². The van der Waals surface area contributed by atoms with Gasteiger partial charge in [0.15, 0.2) is 0 Å². The molecule has 0 aliphatic carbocycles. The van der Waals surface area contributed by atoms with E-state index in [2.05, 4.69) is 32.2 Å². The highest BCUT2D eigenvalue weighted by atomic mass is 35.5. The van der Waals surface area contributed by atoms with Gasteiger partial charge in [-0.15, -0.1) is 12.4 Å². The van der Waals surface area contributed by atoms with Crippen molar-refractivity contribution in [1.82, 2.24) is 15.2 Å². The maximum Gasteiger partial charge on any atom is 0.337 e. The van der Waals surface area contributed by atoms with Crippen LogP contribution in [0.3, 0.4) is 0 Å². The highest BCUT2D eigenvalue weighted by Crippen LogP contribution is 2.25. The van der Waals surface area contributed by atoms with Crippen molar-refractivity contribution in [3.8, 4) is 0 Å². The van der Waals surface area contributed by atoms with Crippen molar-refractivity contribution in [3.05, 3.63) is 82.8 Å². The number of anilines is 1. The first-order valence-corrected chi connectivity index (χ1v) is 10.8. The zero-order chi connectivity index (χ0) is 21.9. The molecular weight excluding hydrogens is 440 g/mol. The Kier molecular flexibility index (Phi) is 6.91. The van der Waals surface area contributed by atoms with Gasteiger partial charge in [-0.2, -0.15) is 0 Å². The molecule has 0 radical (unpaired) electrons. The molecule has 4 aromatic rings. The Morgan fingerprint density at radius 2 is 1.70 bits per heavy atom. The summed E-state index contributed by atoms with van der Waals surface area (Å²) >= 11 is 0. The van der Waals surface area contributed by atoms with E-state index >= 15 is 0 Å². The van der Waals surface area contributed by atoms with E-state index in [-0.39, 0.29) is 18.3 Å². The minimum atomic E-state index is -0.521. The van der Waals surface area contributed by atoms with E-state index in [0.717, 1.165) is 38.5 Å². The van der Waals surface area contributed by atoms with Crippen LogP contribution < -0.4 is 15.8 Å². The largest absolute Gasteiger partial charge is 0.423 e. The quantitative estimate of drug-likeness (QED) is 0.456. The summed E-state index contributed by atoms with van der Waals surface area (Å²) in [5.74, 6) is 0.776. The molecule has 170 valence electrons. The molecular formula is C25H25ClN4O3. The van der Waals surface area contributed by atoms with Crippen LogP contribution in [0.5, 0.6) is 0 Å². The molecule has 8 heteroatoms. The monoisotopic (exact) mass is 464 g/mol. The van der Waals surface area contributed by atoms with Gasteiger partial charge in [0.2, 0.25) is 0 Å². The van der Waals surface area contributed by atoms with Gasteiger partial charge in [-0.3, -0.25) is 9.69 Å². The third kappa shape index (κ3) is 4.84. The second-order valence-corrected chi connectivity index (χ2v) is 7.92. The van der Waals surface area contributed by atoms with E-state index in [9.17, 15) is 9.59 Å². The second kappa shape index (κ2) is 10.0. The Morgan fingerprint density at radius 3 is 2.52 bits per heavy atom. The topological polar surface area (TPSA) is 78.7 Å². The molecule has 1 N–H and O–H groups in total. The minimum Gasteiger partial charge on any atom is -0.423 e. The van der Waals surface area contributed by atoms with Crippen molar-refractivity contribution < 1.29 is 9.21 Å². The number of benzene rings is 2. The lowest BCUT2D eigenvalue weighted by Crippen LogP contribution is -2.48.